The fraction of sp³-hybridized carbons (Fsp3) is 0.636. The van der Waals surface area contributed by atoms with Gasteiger partial charge in [-0.15, -0.1) is 0 Å². The van der Waals surface area contributed by atoms with Crippen molar-refractivity contribution in [2.75, 3.05) is 11.9 Å². The molecule has 1 heterocycles. The largest absolute Gasteiger partial charge is 0.391 e. The predicted molar refractivity (Wildman–Crippen MR) is 66.4 cm³/mol. The minimum atomic E-state index is -0.375. The second-order valence-corrected chi connectivity index (χ2v) is 4.66. The van der Waals surface area contributed by atoms with E-state index in [0.717, 1.165) is 12.8 Å². The molecular formula is C11H16ClN3O2. The number of aromatic nitrogens is 2. The molecule has 1 aliphatic rings. The van der Waals surface area contributed by atoms with E-state index in [-0.39, 0.29) is 16.7 Å². The summed E-state index contributed by atoms with van der Waals surface area (Å²) in [6.07, 6.45) is 3.30. The van der Waals surface area contributed by atoms with Gasteiger partial charge in [-0.1, -0.05) is 11.6 Å². The Kier molecular flexibility index (Phi) is 3.69. The van der Waals surface area contributed by atoms with Crippen LogP contribution < -0.4 is 10.9 Å². The van der Waals surface area contributed by atoms with Crippen LogP contribution in [0.25, 0.3) is 0 Å². The quantitative estimate of drug-likeness (QED) is 0.829. The molecular weight excluding hydrogens is 242 g/mol. The van der Waals surface area contributed by atoms with Crippen molar-refractivity contribution < 1.29 is 5.11 Å². The highest BCUT2D eigenvalue weighted by Crippen LogP contribution is 2.32. The molecule has 2 rings (SSSR count). The Morgan fingerprint density at radius 3 is 3.00 bits per heavy atom. The summed E-state index contributed by atoms with van der Waals surface area (Å²) in [7, 11) is 0. The first-order valence-electron chi connectivity index (χ1n) is 5.81. The zero-order chi connectivity index (χ0) is 12.4. The van der Waals surface area contributed by atoms with Crippen molar-refractivity contribution in [3.63, 3.8) is 0 Å². The maximum atomic E-state index is 11.7. The maximum absolute atomic E-state index is 11.7. The molecule has 0 aliphatic heterocycles. The standard InChI is InChI=1S/C11H16ClN3O2/c1-2-15-11(17)10(12)8(5-14-15)13-6-9(16)7-3-4-7/h5,7,9,13,16H,2-4,6H2,1H3. The zero-order valence-corrected chi connectivity index (χ0v) is 10.4. The Labute approximate surface area is 104 Å². The summed E-state index contributed by atoms with van der Waals surface area (Å²) in [6, 6.07) is 0. The molecule has 17 heavy (non-hydrogen) atoms. The highest BCUT2D eigenvalue weighted by molar-refractivity contribution is 6.32. The van der Waals surface area contributed by atoms with Crippen LogP contribution in [0, 0.1) is 5.92 Å². The number of rotatable bonds is 5. The van der Waals surface area contributed by atoms with Crippen molar-refractivity contribution in [1.82, 2.24) is 9.78 Å². The van der Waals surface area contributed by atoms with Crippen molar-refractivity contribution >= 4 is 17.3 Å². The van der Waals surface area contributed by atoms with E-state index in [1.165, 1.54) is 10.9 Å². The Morgan fingerprint density at radius 1 is 1.71 bits per heavy atom. The molecule has 1 aromatic heterocycles. The predicted octanol–water partition coefficient (Wildman–Crippen LogP) is 1.10. The van der Waals surface area contributed by atoms with Gasteiger partial charge in [0.15, 0.2) is 0 Å². The van der Waals surface area contributed by atoms with Gasteiger partial charge in [-0.2, -0.15) is 5.10 Å². The number of hydrogen-bond acceptors (Lipinski definition) is 4. The first-order valence-corrected chi connectivity index (χ1v) is 6.18. The van der Waals surface area contributed by atoms with Crippen molar-refractivity contribution in [3.05, 3.63) is 21.6 Å². The number of nitrogens with zero attached hydrogens (tertiary/aromatic N) is 2. The first-order chi connectivity index (χ1) is 8.13. The fourth-order valence-corrected chi connectivity index (χ4v) is 1.89. The van der Waals surface area contributed by atoms with Crippen LogP contribution in [0.4, 0.5) is 5.69 Å². The van der Waals surface area contributed by atoms with Gasteiger partial charge in [0.1, 0.15) is 5.02 Å². The summed E-state index contributed by atoms with van der Waals surface area (Å²) in [5.41, 5.74) is 0.182. The van der Waals surface area contributed by atoms with Gasteiger partial charge in [0, 0.05) is 13.1 Å². The molecule has 1 saturated carbocycles. The highest BCUT2D eigenvalue weighted by atomic mass is 35.5. The summed E-state index contributed by atoms with van der Waals surface area (Å²) < 4.78 is 1.30. The third-order valence-corrected chi connectivity index (χ3v) is 3.32. The minimum Gasteiger partial charge on any atom is -0.391 e. The van der Waals surface area contributed by atoms with E-state index in [9.17, 15) is 9.90 Å². The second kappa shape index (κ2) is 5.06. The normalized spacial score (nSPS) is 16.9. The summed E-state index contributed by atoms with van der Waals surface area (Å²) in [5, 5.41) is 16.8. The van der Waals surface area contributed by atoms with E-state index < -0.39 is 0 Å². The maximum Gasteiger partial charge on any atom is 0.287 e. The average molecular weight is 258 g/mol. The highest BCUT2D eigenvalue weighted by Gasteiger charge is 2.29. The number of hydrogen-bond donors (Lipinski definition) is 2. The van der Waals surface area contributed by atoms with E-state index in [2.05, 4.69) is 10.4 Å². The lowest BCUT2D eigenvalue weighted by Gasteiger charge is -2.13. The van der Waals surface area contributed by atoms with Gasteiger partial charge < -0.3 is 10.4 Å². The van der Waals surface area contributed by atoms with Gasteiger partial charge in [-0.05, 0) is 25.7 Å². The van der Waals surface area contributed by atoms with Crippen LogP contribution in [0.1, 0.15) is 19.8 Å². The molecule has 1 aliphatic carbocycles. The van der Waals surface area contributed by atoms with Crippen molar-refractivity contribution in [3.8, 4) is 0 Å². The van der Waals surface area contributed by atoms with Gasteiger partial charge in [0.2, 0.25) is 0 Å². The number of nitrogens with one attached hydrogen (secondary N) is 1. The molecule has 0 bridgehead atoms. The number of anilines is 1. The van der Waals surface area contributed by atoms with Crippen LogP contribution in [0.2, 0.25) is 5.02 Å². The van der Waals surface area contributed by atoms with Crippen LogP contribution in [-0.2, 0) is 6.54 Å². The van der Waals surface area contributed by atoms with Gasteiger partial charge in [-0.3, -0.25) is 4.79 Å². The van der Waals surface area contributed by atoms with Crippen LogP contribution in [0.15, 0.2) is 11.0 Å². The monoisotopic (exact) mass is 257 g/mol. The van der Waals surface area contributed by atoms with E-state index in [4.69, 9.17) is 11.6 Å². The molecule has 1 unspecified atom stereocenters. The lowest BCUT2D eigenvalue weighted by atomic mass is 10.2. The van der Waals surface area contributed by atoms with E-state index >= 15 is 0 Å². The Balaban J connectivity index is 2.05. The third kappa shape index (κ3) is 2.79. The van der Waals surface area contributed by atoms with E-state index in [0.29, 0.717) is 24.7 Å². The van der Waals surface area contributed by atoms with Crippen LogP contribution >= 0.6 is 11.6 Å². The minimum absolute atomic E-state index is 0.129. The van der Waals surface area contributed by atoms with Gasteiger partial charge in [-0.25, -0.2) is 4.68 Å². The van der Waals surface area contributed by atoms with Crippen molar-refractivity contribution in [1.29, 1.82) is 0 Å². The number of aliphatic hydroxyl groups is 1. The Bertz CT molecular complexity index is 457. The molecule has 6 heteroatoms. The molecule has 0 spiro atoms. The molecule has 0 saturated heterocycles. The lowest BCUT2D eigenvalue weighted by molar-refractivity contribution is 0.164. The Morgan fingerprint density at radius 2 is 2.41 bits per heavy atom. The zero-order valence-electron chi connectivity index (χ0n) is 9.69. The van der Waals surface area contributed by atoms with Crippen molar-refractivity contribution in [2.45, 2.75) is 32.4 Å². The number of halogens is 1. The molecule has 1 fully saturated rings. The molecule has 0 aromatic carbocycles. The second-order valence-electron chi connectivity index (χ2n) is 4.28. The first kappa shape index (κ1) is 12.4. The molecule has 5 nitrogen and oxygen atoms in total. The third-order valence-electron chi connectivity index (χ3n) is 2.95. The van der Waals surface area contributed by atoms with E-state index in [1.54, 1.807) is 0 Å². The molecule has 1 aromatic rings. The van der Waals surface area contributed by atoms with Crippen molar-refractivity contribution in [2.24, 2.45) is 5.92 Å². The Hall–Kier alpha value is -1.07. The number of aliphatic hydroxyl groups excluding tert-OH is 1. The molecule has 1 atom stereocenters. The fourth-order valence-electron chi connectivity index (χ4n) is 1.68. The van der Waals surface area contributed by atoms with Gasteiger partial charge >= 0.3 is 0 Å². The smallest absolute Gasteiger partial charge is 0.287 e. The molecule has 2 N–H and O–H groups in total. The van der Waals surface area contributed by atoms with Gasteiger partial charge in [0.25, 0.3) is 5.56 Å². The average Bonchev–Trinajstić information content (AvgIpc) is 3.15. The van der Waals surface area contributed by atoms with Gasteiger partial charge in [0.05, 0.1) is 18.0 Å². The lowest BCUT2D eigenvalue weighted by Crippen LogP contribution is -2.26. The van der Waals surface area contributed by atoms with Crippen LogP contribution in [-0.4, -0.2) is 27.5 Å². The summed E-state index contributed by atoms with van der Waals surface area (Å²) in [4.78, 5) is 11.7. The topological polar surface area (TPSA) is 67.2 Å². The summed E-state index contributed by atoms with van der Waals surface area (Å²) >= 11 is 5.94. The summed E-state index contributed by atoms with van der Waals surface area (Å²) in [5.74, 6) is 0.394. The number of aryl methyl sites for hydroxylation is 1. The van der Waals surface area contributed by atoms with Crippen LogP contribution in [0.3, 0.4) is 0 Å². The molecule has 0 amide bonds. The molecule has 94 valence electrons. The molecule has 0 radical (unpaired) electrons. The SMILES string of the molecule is CCn1ncc(NCC(O)C2CC2)c(Cl)c1=O. The van der Waals surface area contributed by atoms with Crippen LogP contribution in [0.5, 0.6) is 0 Å². The summed E-state index contributed by atoms with van der Waals surface area (Å²) in [6.45, 7) is 2.72. The van der Waals surface area contributed by atoms with E-state index in [1.807, 2.05) is 6.92 Å².